The molecule has 1 aliphatic carbocycles. The van der Waals surface area contributed by atoms with Crippen molar-refractivity contribution < 1.29 is 4.57 Å². The summed E-state index contributed by atoms with van der Waals surface area (Å²) in [5.41, 5.74) is 12.7. The van der Waals surface area contributed by atoms with Crippen molar-refractivity contribution in [1.82, 2.24) is 4.40 Å². The van der Waals surface area contributed by atoms with Gasteiger partial charge >= 0.3 is 0 Å². The van der Waals surface area contributed by atoms with Crippen LogP contribution in [0, 0.1) is 19.3 Å². The largest absolute Gasteiger partial charge is 0.307 e. The summed E-state index contributed by atoms with van der Waals surface area (Å²) in [7, 11) is 2.22. The average Bonchev–Trinajstić information content (AvgIpc) is 3.29. The summed E-state index contributed by atoms with van der Waals surface area (Å²) in [6.45, 7) is 9.47. The van der Waals surface area contributed by atoms with Gasteiger partial charge in [-0.2, -0.15) is 0 Å². The number of pyridine rings is 2. The van der Waals surface area contributed by atoms with Crippen LogP contribution in [0.1, 0.15) is 62.1 Å². The SMILES string of the molecule is Cc1cc2c3c(-c4ccccc4)cccc3n3c4cc(C5CCC(C)(C)CC5)cc5cc[n+](C)c(c(c1C)c23)c54. The van der Waals surface area contributed by atoms with E-state index in [1.54, 1.807) is 0 Å². The van der Waals surface area contributed by atoms with Gasteiger partial charge in [-0.25, -0.2) is 4.57 Å². The Labute approximate surface area is 236 Å². The normalized spacial score (nSPS) is 16.3. The first-order valence-electron chi connectivity index (χ1n) is 14.9. The van der Waals surface area contributed by atoms with E-state index in [1.165, 1.54) is 102 Å². The number of hydrogen-bond donors (Lipinski definition) is 0. The number of aromatic nitrogens is 2. The third-order valence-corrected chi connectivity index (χ3v) is 10.2. The molecule has 0 atom stereocenters. The van der Waals surface area contributed by atoms with E-state index < -0.39 is 0 Å². The van der Waals surface area contributed by atoms with E-state index in [4.69, 9.17) is 0 Å². The topological polar surface area (TPSA) is 8.29 Å². The fraction of sp³-hybridized carbons (Fsp3) is 0.289. The molecule has 0 aliphatic heterocycles. The molecule has 0 radical (unpaired) electrons. The molecule has 8 rings (SSSR count). The molecule has 1 fully saturated rings. The Kier molecular flexibility index (Phi) is 4.97. The van der Waals surface area contributed by atoms with Crippen LogP contribution in [0.15, 0.2) is 79.0 Å². The fourth-order valence-corrected chi connectivity index (χ4v) is 7.80. The van der Waals surface area contributed by atoms with Crippen molar-refractivity contribution in [2.24, 2.45) is 12.5 Å². The molecular formula is C38H37N2+. The lowest BCUT2D eigenvalue weighted by Crippen LogP contribution is -2.29. The molecule has 0 saturated heterocycles. The molecule has 1 saturated carbocycles. The zero-order valence-corrected chi connectivity index (χ0v) is 24.3. The summed E-state index contributed by atoms with van der Waals surface area (Å²) >= 11 is 0. The first-order chi connectivity index (χ1) is 19.3. The van der Waals surface area contributed by atoms with E-state index in [0.717, 1.165) is 0 Å². The van der Waals surface area contributed by atoms with E-state index in [2.05, 4.69) is 123 Å². The Morgan fingerprint density at radius 3 is 2.35 bits per heavy atom. The highest BCUT2D eigenvalue weighted by Crippen LogP contribution is 2.47. The molecule has 198 valence electrons. The highest BCUT2D eigenvalue weighted by molar-refractivity contribution is 6.28. The second-order valence-corrected chi connectivity index (χ2v) is 13.2. The molecule has 2 heteroatoms. The minimum atomic E-state index is 0.466. The minimum absolute atomic E-state index is 0.466. The van der Waals surface area contributed by atoms with Gasteiger partial charge in [-0.1, -0.05) is 62.4 Å². The fourth-order valence-electron chi connectivity index (χ4n) is 7.80. The van der Waals surface area contributed by atoms with Crippen LogP contribution in [0.2, 0.25) is 0 Å². The number of aryl methyl sites for hydroxylation is 3. The molecule has 7 aromatic rings. The molecule has 1 aliphatic rings. The summed E-state index contributed by atoms with van der Waals surface area (Å²) < 4.78 is 4.97. The van der Waals surface area contributed by atoms with Crippen LogP contribution < -0.4 is 4.57 Å². The van der Waals surface area contributed by atoms with Crippen molar-refractivity contribution >= 4 is 49.0 Å². The second kappa shape index (κ2) is 8.30. The van der Waals surface area contributed by atoms with Crippen molar-refractivity contribution in [3.63, 3.8) is 0 Å². The van der Waals surface area contributed by atoms with E-state index in [-0.39, 0.29) is 0 Å². The van der Waals surface area contributed by atoms with Crippen LogP contribution in [0.4, 0.5) is 0 Å². The van der Waals surface area contributed by atoms with Crippen LogP contribution in [-0.4, -0.2) is 4.40 Å². The Bertz CT molecular complexity index is 2100. The summed E-state index contributed by atoms with van der Waals surface area (Å²) in [5.74, 6) is 0.629. The highest BCUT2D eigenvalue weighted by atomic mass is 15.0. The molecular weight excluding hydrogens is 484 g/mol. The lowest BCUT2D eigenvalue weighted by molar-refractivity contribution is -0.643. The van der Waals surface area contributed by atoms with Gasteiger partial charge in [0.05, 0.1) is 27.3 Å². The summed E-state index contributed by atoms with van der Waals surface area (Å²) in [5, 5.41) is 6.86. The van der Waals surface area contributed by atoms with Crippen LogP contribution >= 0.6 is 0 Å². The van der Waals surface area contributed by atoms with Crippen LogP contribution in [-0.2, 0) is 7.05 Å². The highest BCUT2D eigenvalue weighted by Gasteiger charge is 2.30. The molecule has 0 amide bonds. The summed E-state index contributed by atoms with van der Waals surface area (Å²) in [4.78, 5) is 0. The molecule has 3 aromatic heterocycles. The van der Waals surface area contributed by atoms with Gasteiger partial charge < -0.3 is 4.40 Å². The second-order valence-electron chi connectivity index (χ2n) is 13.2. The minimum Gasteiger partial charge on any atom is -0.307 e. The molecule has 40 heavy (non-hydrogen) atoms. The lowest BCUT2D eigenvalue weighted by atomic mass is 9.71. The zero-order valence-electron chi connectivity index (χ0n) is 24.3. The quantitative estimate of drug-likeness (QED) is 0.122. The smallest absolute Gasteiger partial charge is 0.224 e. The van der Waals surface area contributed by atoms with Gasteiger partial charge in [0.2, 0.25) is 5.52 Å². The standard InChI is InChI=1S/C38H37N2/c1-23-20-30-35-29(26-10-7-6-8-11-26)12-9-13-31(35)40-32-22-28(25-14-17-38(3,4)18-15-25)21-27-16-19-39(5)37(34(27)32)33(24(23)2)36(30)40/h6-13,16,19-22,25H,14-15,17-18H2,1-5H3/q+1. The third kappa shape index (κ3) is 3.25. The Hall–Kier alpha value is -3.91. The van der Waals surface area contributed by atoms with Gasteiger partial charge in [0, 0.05) is 16.8 Å². The Balaban J connectivity index is 1.58. The molecule has 4 aromatic carbocycles. The van der Waals surface area contributed by atoms with Crippen LogP contribution in [0.3, 0.4) is 0 Å². The number of fused-ring (bicyclic) bond motifs is 5. The van der Waals surface area contributed by atoms with Crippen molar-refractivity contribution in [1.29, 1.82) is 0 Å². The van der Waals surface area contributed by atoms with Crippen LogP contribution in [0.5, 0.6) is 0 Å². The molecule has 0 unspecified atom stereocenters. The maximum absolute atomic E-state index is 2.62. The summed E-state index contributed by atoms with van der Waals surface area (Å²) in [6.07, 6.45) is 7.44. The van der Waals surface area contributed by atoms with Crippen molar-refractivity contribution in [2.75, 3.05) is 0 Å². The number of hydrogen-bond acceptors (Lipinski definition) is 0. The maximum atomic E-state index is 2.62. The predicted molar refractivity (Wildman–Crippen MR) is 170 cm³/mol. The lowest BCUT2D eigenvalue weighted by Gasteiger charge is -2.34. The van der Waals surface area contributed by atoms with Gasteiger partial charge in [-0.05, 0) is 102 Å². The molecule has 3 heterocycles. The first kappa shape index (κ1) is 23.9. The Morgan fingerprint density at radius 2 is 1.57 bits per heavy atom. The van der Waals surface area contributed by atoms with Gasteiger partial charge in [0.25, 0.3) is 0 Å². The van der Waals surface area contributed by atoms with Crippen molar-refractivity contribution in [3.8, 4) is 11.1 Å². The predicted octanol–water partition coefficient (Wildman–Crippen LogP) is 9.78. The first-order valence-corrected chi connectivity index (χ1v) is 14.9. The third-order valence-electron chi connectivity index (χ3n) is 10.2. The number of benzene rings is 4. The van der Waals surface area contributed by atoms with Crippen molar-refractivity contribution in [3.05, 3.63) is 95.7 Å². The Morgan fingerprint density at radius 1 is 0.800 bits per heavy atom. The molecule has 2 nitrogen and oxygen atoms in total. The van der Waals surface area contributed by atoms with Gasteiger partial charge in [0.1, 0.15) is 7.05 Å². The molecule has 0 N–H and O–H groups in total. The zero-order chi connectivity index (χ0) is 27.3. The number of nitrogens with zero attached hydrogens (tertiary/aromatic N) is 2. The number of rotatable bonds is 2. The van der Waals surface area contributed by atoms with Gasteiger partial charge in [-0.15, -0.1) is 0 Å². The monoisotopic (exact) mass is 521 g/mol. The van der Waals surface area contributed by atoms with Crippen molar-refractivity contribution in [2.45, 2.75) is 59.3 Å². The van der Waals surface area contributed by atoms with Gasteiger partial charge in [0.15, 0.2) is 6.20 Å². The van der Waals surface area contributed by atoms with E-state index in [9.17, 15) is 0 Å². The van der Waals surface area contributed by atoms with Crippen LogP contribution in [0.25, 0.3) is 60.1 Å². The molecule has 0 spiro atoms. The van der Waals surface area contributed by atoms with Gasteiger partial charge in [-0.3, -0.25) is 0 Å². The maximum Gasteiger partial charge on any atom is 0.224 e. The molecule has 0 bridgehead atoms. The average molecular weight is 522 g/mol. The van der Waals surface area contributed by atoms with E-state index >= 15 is 0 Å². The van der Waals surface area contributed by atoms with E-state index in [1.807, 2.05) is 0 Å². The van der Waals surface area contributed by atoms with E-state index in [0.29, 0.717) is 11.3 Å². The summed E-state index contributed by atoms with van der Waals surface area (Å²) in [6, 6.07) is 27.7.